The molecule has 110 valence electrons. The van der Waals surface area contributed by atoms with Crippen LogP contribution >= 0.6 is 0 Å². The first-order chi connectivity index (χ1) is 8.96. The van der Waals surface area contributed by atoms with Gasteiger partial charge < -0.3 is 5.11 Å². The van der Waals surface area contributed by atoms with E-state index in [1.165, 1.54) is 25.8 Å². The summed E-state index contributed by atoms with van der Waals surface area (Å²) in [6.45, 7) is 10.2. The molecule has 0 saturated carbocycles. The van der Waals surface area contributed by atoms with Crippen molar-refractivity contribution in [1.29, 1.82) is 0 Å². The summed E-state index contributed by atoms with van der Waals surface area (Å²) < 4.78 is 0. The Kier molecular flexibility index (Phi) is 4.51. The second kappa shape index (κ2) is 5.80. The van der Waals surface area contributed by atoms with Crippen LogP contribution in [0.5, 0.6) is 0 Å². The predicted molar refractivity (Wildman–Crippen MR) is 76.3 cm³/mol. The summed E-state index contributed by atoms with van der Waals surface area (Å²) in [6.07, 6.45) is 4.62. The van der Waals surface area contributed by atoms with Crippen molar-refractivity contribution in [2.75, 3.05) is 26.2 Å². The number of carbonyl (C=O) groups is 1. The maximum Gasteiger partial charge on any atom is 0.310 e. The van der Waals surface area contributed by atoms with E-state index in [0.717, 1.165) is 13.1 Å². The van der Waals surface area contributed by atoms with Crippen LogP contribution in [0, 0.1) is 5.41 Å². The van der Waals surface area contributed by atoms with Gasteiger partial charge in [-0.2, -0.15) is 0 Å². The lowest BCUT2D eigenvalue weighted by Gasteiger charge is -2.49. The minimum Gasteiger partial charge on any atom is -0.481 e. The van der Waals surface area contributed by atoms with Gasteiger partial charge in [0.25, 0.3) is 0 Å². The molecule has 0 aromatic heterocycles. The van der Waals surface area contributed by atoms with Crippen molar-refractivity contribution in [2.24, 2.45) is 5.41 Å². The van der Waals surface area contributed by atoms with Crippen LogP contribution in [0.15, 0.2) is 0 Å². The van der Waals surface area contributed by atoms with Gasteiger partial charge in [-0.25, -0.2) is 0 Å². The smallest absolute Gasteiger partial charge is 0.310 e. The highest BCUT2D eigenvalue weighted by Crippen LogP contribution is 2.29. The number of hydrogen-bond acceptors (Lipinski definition) is 3. The molecular formula is C15H28N2O2. The molecule has 2 aliphatic rings. The third kappa shape index (κ3) is 3.11. The van der Waals surface area contributed by atoms with Crippen LogP contribution in [0.3, 0.4) is 0 Å². The minimum atomic E-state index is -0.659. The van der Waals surface area contributed by atoms with Crippen LogP contribution in [0.4, 0.5) is 0 Å². The number of carboxylic acids is 1. The highest BCUT2D eigenvalue weighted by Gasteiger charge is 2.39. The van der Waals surface area contributed by atoms with Gasteiger partial charge in [0.05, 0.1) is 5.41 Å². The van der Waals surface area contributed by atoms with Crippen molar-refractivity contribution in [1.82, 2.24) is 9.80 Å². The summed E-state index contributed by atoms with van der Waals surface area (Å²) in [5.74, 6) is -0.659. The fourth-order valence-electron chi connectivity index (χ4n) is 3.41. The molecule has 3 unspecified atom stereocenters. The SMILES string of the molecule is CCC(C)(CN1CC2CCCCN2CC1C)C(=O)O. The molecular weight excluding hydrogens is 240 g/mol. The molecule has 0 spiro atoms. The number of fused-ring (bicyclic) bond motifs is 1. The van der Waals surface area contributed by atoms with E-state index in [4.69, 9.17) is 0 Å². The Balaban J connectivity index is 2.02. The first kappa shape index (κ1) is 14.8. The molecule has 4 heteroatoms. The first-order valence-electron chi connectivity index (χ1n) is 7.68. The average Bonchev–Trinajstić information content (AvgIpc) is 2.39. The van der Waals surface area contributed by atoms with Gasteiger partial charge in [-0.3, -0.25) is 14.6 Å². The molecule has 0 amide bonds. The monoisotopic (exact) mass is 268 g/mol. The maximum atomic E-state index is 11.5. The van der Waals surface area contributed by atoms with Crippen LogP contribution in [-0.2, 0) is 4.79 Å². The fraction of sp³-hybridized carbons (Fsp3) is 0.933. The molecule has 2 aliphatic heterocycles. The normalized spacial score (nSPS) is 32.6. The Morgan fingerprint density at radius 1 is 1.37 bits per heavy atom. The van der Waals surface area contributed by atoms with E-state index < -0.39 is 11.4 Å². The minimum absolute atomic E-state index is 0.472. The van der Waals surface area contributed by atoms with Crippen LogP contribution in [0.25, 0.3) is 0 Å². The second-order valence-electron chi connectivity index (χ2n) is 6.64. The lowest BCUT2D eigenvalue weighted by molar-refractivity contribution is -0.150. The molecule has 0 aliphatic carbocycles. The van der Waals surface area contributed by atoms with E-state index in [2.05, 4.69) is 16.7 Å². The summed E-state index contributed by atoms with van der Waals surface area (Å²) in [4.78, 5) is 16.5. The Hall–Kier alpha value is -0.610. The van der Waals surface area contributed by atoms with E-state index >= 15 is 0 Å². The van der Waals surface area contributed by atoms with Gasteiger partial charge in [0, 0.05) is 31.7 Å². The predicted octanol–water partition coefficient (Wildman–Crippen LogP) is 2.05. The Morgan fingerprint density at radius 3 is 2.74 bits per heavy atom. The highest BCUT2D eigenvalue weighted by molar-refractivity contribution is 5.74. The van der Waals surface area contributed by atoms with E-state index in [9.17, 15) is 9.90 Å². The number of piperidine rings is 1. The lowest BCUT2D eigenvalue weighted by atomic mass is 9.85. The molecule has 0 aromatic carbocycles. The number of aliphatic carboxylic acids is 1. The summed E-state index contributed by atoms with van der Waals surface area (Å²) in [5.41, 5.74) is -0.606. The van der Waals surface area contributed by atoms with E-state index in [-0.39, 0.29) is 0 Å². The largest absolute Gasteiger partial charge is 0.481 e. The highest BCUT2D eigenvalue weighted by atomic mass is 16.4. The van der Waals surface area contributed by atoms with Gasteiger partial charge in [0.2, 0.25) is 0 Å². The van der Waals surface area contributed by atoms with Crippen LogP contribution in [-0.4, -0.2) is 59.1 Å². The number of carboxylic acid groups (broad SMARTS) is 1. The first-order valence-corrected chi connectivity index (χ1v) is 7.68. The number of rotatable bonds is 4. The quantitative estimate of drug-likeness (QED) is 0.847. The summed E-state index contributed by atoms with van der Waals surface area (Å²) in [5, 5.41) is 9.44. The fourth-order valence-corrected chi connectivity index (χ4v) is 3.41. The van der Waals surface area contributed by atoms with Crippen LogP contribution < -0.4 is 0 Å². The summed E-state index contributed by atoms with van der Waals surface area (Å²) in [6, 6.07) is 1.12. The number of nitrogens with zero attached hydrogens (tertiary/aromatic N) is 2. The van der Waals surface area contributed by atoms with Gasteiger partial charge in [-0.05, 0) is 39.7 Å². The topological polar surface area (TPSA) is 43.8 Å². The van der Waals surface area contributed by atoms with Gasteiger partial charge in [0.1, 0.15) is 0 Å². The Morgan fingerprint density at radius 2 is 2.11 bits per heavy atom. The van der Waals surface area contributed by atoms with Crippen molar-refractivity contribution in [3.05, 3.63) is 0 Å². The van der Waals surface area contributed by atoms with Gasteiger partial charge in [-0.15, -0.1) is 0 Å². The van der Waals surface area contributed by atoms with Crippen molar-refractivity contribution in [3.8, 4) is 0 Å². The van der Waals surface area contributed by atoms with Gasteiger partial charge >= 0.3 is 5.97 Å². The zero-order valence-corrected chi connectivity index (χ0v) is 12.6. The summed E-state index contributed by atoms with van der Waals surface area (Å²) in [7, 11) is 0. The molecule has 19 heavy (non-hydrogen) atoms. The second-order valence-corrected chi connectivity index (χ2v) is 6.64. The van der Waals surface area contributed by atoms with Crippen LogP contribution in [0.2, 0.25) is 0 Å². The zero-order chi connectivity index (χ0) is 14.0. The van der Waals surface area contributed by atoms with E-state index in [1.54, 1.807) is 0 Å². The molecule has 0 radical (unpaired) electrons. The molecule has 2 heterocycles. The van der Waals surface area contributed by atoms with Gasteiger partial charge in [-0.1, -0.05) is 13.3 Å². The van der Waals surface area contributed by atoms with Crippen molar-refractivity contribution >= 4 is 5.97 Å². The molecule has 3 atom stereocenters. The molecule has 0 aromatic rings. The van der Waals surface area contributed by atoms with E-state index in [1.807, 2.05) is 13.8 Å². The summed E-state index contributed by atoms with van der Waals surface area (Å²) >= 11 is 0. The zero-order valence-electron chi connectivity index (χ0n) is 12.6. The third-order valence-corrected chi connectivity index (χ3v) is 5.17. The molecule has 2 rings (SSSR count). The lowest BCUT2D eigenvalue weighted by Crippen LogP contribution is -2.60. The van der Waals surface area contributed by atoms with Gasteiger partial charge in [0.15, 0.2) is 0 Å². The standard InChI is InChI=1S/C15H28N2O2/c1-4-15(3,14(18)19)11-17-10-13-7-5-6-8-16(13)9-12(17)2/h12-13H,4-11H2,1-3H3,(H,18,19). The number of hydrogen-bond donors (Lipinski definition) is 1. The molecule has 2 fully saturated rings. The van der Waals surface area contributed by atoms with Crippen molar-refractivity contribution in [3.63, 3.8) is 0 Å². The maximum absolute atomic E-state index is 11.5. The van der Waals surface area contributed by atoms with Crippen molar-refractivity contribution in [2.45, 2.75) is 58.5 Å². The molecule has 1 N–H and O–H groups in total. The Labute approximate surface area is 116 Å². The van der Waals surface area contributed by atoms with Crippen LogP contribution in [0.1, 0.15) is 46.5 Å². The Bertz CT molecular complexity index is 334. The third-order valence-electron chi connectivity index (χ3n) is 5.17. The van der Waals surface area contributed by atoms with E-state index in [0.29, 0.717) is 25.0 Å². The van der Waals surface area contributed by atoms with Crippen molar-refractivity contribution < 1.29 is 9.90 Å². The number of piperazine rings is 1. The molecule has 0 bridgehead atoms. The average molecular weight is 268 g/mol. The molecule has 2 saturated heterocycles. The molecule has 4 nitrogen and oxygen atoms in total.